The lowest BCUT2D eigenvalue weighted by molar-refractivity contribution is -0.0295. The molecular formula is C21H35N5O3. The van der Waals surface area contributed by atoms with E-state index in [9.17, 15) is 15.0 Å². The maximum absolute atomic E-state index is 11.8. The van der Waals surface area contributed by atoms with Crippen molar-refractivity contribution in [3.63, 3.8) is 0 Å². The molecule has 1 aromatic heterocycles. The highest BCUT2D eigenvalue weighted by Gasteiger charge is 2.38. The van der Waals surface area contributed by atoms with E-state index in [0.717, 1.165) is 51.4 Å². The molecule has 0 saturated heterocycles. The van der Waals surface area contributed by atoms with E-state index in [4.69, 9.17) is 5.73 Å². The van der Waals surface area contributed by atoms with E-state index in [1.54, 1.807) is 0 Å². The Morgan fingerprint density at radius 1 is 1.31 bits per heavy atom. The Bertz CT molecular complexity index is 718. The van der Waals surface area contributed by atoms with Gasteiger partial charge in [0, 0.05) is 18.8 Å². The monoisotopic (exact) mass is 405 g/mol. The van der Waals surface area contributed by atoms with Crippen molar-refractivity contribution in [3.05, 3.63) is 11.8 Å². The van der Waals surface area contributed by atoms with Gasteiger partial charge in [0.15, 0.2) is 0 Å². The van der Waals surface area contributed by atoms with E-state index in [1.165, 1.54) is 6.20 Å². The minimum Gasteiger partial charge on any atom is -0.393 e. The molecule has 8 heteroatoms. The molecular weight excluding hydrogens is 370 g/mol. The number of rotatable bonds is 7. The molecule has 2 fully saturated rings. The molecule has 0 unspecified atom stereocenters. The fourth-order valence-corrected chi connectivity index (χ4v) is 4.39. The first-order valence-corrected chi connectivity index (χ1v) is 10.8. The van der Waals surface area contributed by atoms with Crippen molar-refractivity contribution in [2.45, 2.75) is 89.4 Å². The van der Waals surface area contributed by atoms with Crippen LogP contribution in [-0.2, 0) is 0 Å². The Labute approximate surface area is 172 Å². The standard InChI is InChI=1S/C21H35N5O3/c1-3-21(29)9-7-20(2,8-10-21)13-24-19-23-12-16(17(22)28)18(26-19)25-14-5-4-6-15(27)11-14/h12,14-15,27,29H,3-11,13H2,1-2H3,(H2,22,28)(H2,23,24,25,26)/t14-,15+,20?,21?/m1/s1. The normalized spacial score (nSPS) is 32.6. The van der Waals surface area contributed by atoms with Crippen LogP contribution in [0.4, 0.5) is 11.8 Å². The molecule has 0 radical (unpaired) electrons. The first kappa shape index (κ1) is 21.8. The number of aliphatic hydroxyl groups is 2. The molecule has 162 valence electrons. The molecule has 8 nitrogen and oxygen atoms in total. The number of nitrogens with one attached hydrogen (secondary N) is 2. The third-order valence-corrected chi connectivity index (χ3v) is 6.76. The molecule has 1 amide bonds. The minimum absolute atomic E-state index is 0.0576. The van der Waals surface area contributed by atoms with Gasteiger partial charge in [-0.3, -0.25) is 4.79 Å². The molecule has 2 atom stereocenters. The minimum atomic E-state index is -0.575. The van der Waals surface area contributed by atoms with Crippen LogP contribution in [0.3, 0.4) is 0 Å². The Kier molecular flexibility index (Phi) is 6.63. The number of aromatic nitrogens is 2. The van der Waals surface area contributed by atoms with Crippen LogP contribution >= 0.6 is 0 Å². The molecule has 2 aliphatic carbocycles. The van der Waals surface area contributed by atoms with Gasteiger partial charge in [-0.15, -0.1) is 0 Å². The fraction of sp³-hybridized carbons (Fsp3) is 0.762. The summed E-state index contributed by atoms with van der Waals surface area (Å²) in [5.41, 5.74) is 5.29. The molecule has 1 aromatic rings. The van der Waals surface area contributed by atoms with Crippen LogP contribution in [0.15, 0.2) is 6.20 Å². The van der Waals surface area contributed by atoms with Crippen LogP contribution in [0.2, 0.25) is 0 Å². The van der Waals surface area contributed by atoms with Gasteiger partial charge in [-0.1, -0.05) is 13.8 Å². The highest BCUT2D eigenvalue weighted by Crippen LogP contribution is 2.42. The molecule has 2 saturated carbocycles. The van der Waals surface area contributed by atoms with Crippen LogP contribution in [0.5, 0.6) is 0 Å². The molecule has 2 aliphatic rings. The Hall–Kier alpha value is -1.93. The van der Waals surface area contributed by atoms with E-state index in [2.05, 4.69) is 27.5 Å². The predicted octanol–water partition coefficient (Wildman–Crippen LogP) is 2.42. The van der Waals surface area contributed by atoms with Gasteiger partial charge in [-0.05, 0) is 63.2 Å². The second-order valence-corrected chi connectivity index (χ2v) is 9.22. The van der Waals surface area contributed by atoms with Gasteiger partial charge in [0.1, 0.15) is 5.82 Å². The lowest BCUT2D eigenvalue weighted by Gasteiger charge is -2.41. The molecule has 0 aromatic carbocycles. The summed E-state index contributed by atoms with van der Waals surface area (Å²) in [6.07, 6.45) is 8.70. The smallest absolute Gasteiger partial charge is 0.254 e. The fourth-order valence-electron chi connectivity index (χ4n) is 4.39. The maximum Gasteiger partial charge on any atom is 0.254 e. The second-order valence-electron chi connectivity index (χ2n) is 9.22. The van der Waals surface area contributed by atoms with Crippen LogP contribution < -0.4 is 16.4 Å². The van der Waals surface area contributed by atoms with E-state index in [-0.39, 0.29) is 23.1 Å². The number of nitrogens with two attached hydrogens (primary N) is 1. The van der Waals surface area contributed by atoms with Crippen molar-refractivity contribution in [2.24, 2.45) is 11.1 Å². The first-order valence-electron chi connectivity index (χ1n) is 10.8. The van der Waals surface area contributed by atoms with Crippen molar-refractivity contribution in [2.75, 3.05) is 17.2 Å². The summed E-state index contributed by atoms with van der Waals surface area (Å²) in [5, 5.41) is 27.0. The first-order chi connectivity index (χ1) is 13.7. The summed E-state index contributed by atoms with van der Waals surface area (Å²) in [4.78, 5) is 20.6. The van der Waals surface area contributed by atoms with Gasteiger partial charge in [0.25, 0.3) is 5.91 Å². The van der Waals surface area contributed by atoms with E-state index < -0.39 is 11.5 Å². The zero-order chi connectivity index (χ0) is 21.1. The zero-order valence-electron chi connectivity index (χ0n) is 17.6. The number of aliphatic hydroxyl groups excluding tert-OH is 1. The van der Waals surface area contributed by atoms with Crippen molar-refractivity contribution in [1.82, 2.24) is 9.97 Å². The number of primary amides is 1. The highest BCUT2D eigenvalue weighted by molar-refractivity contribution is 5.97. The maximum atomic E-state index is 11.8. The lowest BCUT2D eigenvalue weighted by atomic mass is 9.69. The number of nitrogens with zero attached hydrogens (tertiary/aromatic N) is 2. The average molecular weight is 406 g/mol. The van der Waals surface area contributed by atoms with Crippen molar-refractivity contribution < 1.29 is 15.0 Å². The van der Waals surface area contributed by atoms with Crippen molar-refractivity contribution >= 4 is 17.7 Å². The number of carbonyl (C=O) groups is 1. The topological polar surface area (TPSA) is 133 Å². The summed E-state index contributed by atoms with van der Waals surface area (Å²) in [7, 11) is 0. The third kappa shape index (κ3) is 5.57. The summed E-state index contributed by atoms with van der Waals surface area (Å²) in [6, 6.07) is 0.0576. The molecule has 0 aliphatic heterocycles. The van der Waals surface area contributed by atoms with Crippen molar-refractivity contribution in [1.29, 1.82) is 0 Å². The summed E-state index contributed by atoms with van der Waals surface area (Å²) < 4.78 is 0. The van der Waals surface area contributed by atoms with Crippen LogP contribution in [0, 0.1) is 5.41 Å². The molecule has 29 heavy (non-hydrogen) atoms. The number of carbonyl (C=O) groups excluding carboxylic acids is 1. The van der Waals surface area contributed by atoms with Crippen LogP contribution in [0.1, 0.15) is 82.0 Å². The van der Waals surface area contributed by atoms with Gasteiger partial charge in [-0.25, -0.2) is 4.98 Å². The highest BCUT2D eigenvalue weighted by atomic mass is 16.3. The van der Waals surface area contributed by atoms with Gasteiger partial charge >= 0.3 is 0 Å². The Balaban J connectivity index is 1.66. The summed E-state index contributed by atoms with van der Waals surface area (Å²) >= 11 is 0. The Morgan fingerprint density at radius 2 is 2.03 bits per heavy atom. The molecule has 6 N–H and O–H groups in total. The van der Waals surface area contributed by atoms with Gasteiger partial charge < -0.3 is 26.6 Å². The van der Waals surface area contributed by atoms with Crippen molar-refractivity contribution in [3.8, 4) is 0 Å². The van der Waals surface area contributed by atoms with E-state index >= 15 is 0 Å². The van der Waals surface area contributed by atoms with Gasteiger partial charge in [0.05, 0.1) is 17.3 Å². The molecule has 3 rings (SSSR count). The number of amides is 1. The van der Waals surface area contributed by atoms with Gasteiger partial charge in [-0.2, -0.15) is 4.98 Å². The number of hydrogen-bond acceptors (Lipinski definition) is 7. The zero-order valence-corrected chi connectivity index (χ0v) is 17.6. The van der Waals surface area contributed by atoms with Crippen LogP contribution in [-0.4, -0.2) is 50.4 Å². The molecule has 0 bridgehead atoms. The Morgan fingerprint density at radius 3 is 2.66 bits per heavy atom. The largest absolute Gasteiger partial charge is 0.393 e. The SMILES string of the molecule is CCC1(O)CCC(C)(CNc2ncc(C(N)=O)c(N[C@@H]3CCC[C@H](O)C3)n2)CC1. The van der Waals surface area contributed by atoms with Crippen LogP contribution in [0.25, 0.3) is 0 Å². The van der Waals surface area contributed by atoms with Gasteiger partial charge in [0.2, 0.25) is 5.95 Å². The second kappa shape index (κ2) is 8.83. The molecule has 1 heterocycles. The number of hydrogen-bond donors (Lipinski definition) is 5. The molecule has 0 spiro atoms. The lowest BCUT2D eigenvalue weighted by Crippen LogP contribution is -2.40. The summed E-state index contributed by atoms with van der Waals surface area (Å²) in [5.74, 6) is 0.295. The van der Waals surface area contributed by atoms with E-state index in [0.29, 0.717) is 24.7 Å². The summed E-state index contributed by atoms with van der Waals surface area (Å²) in [6.45, 7) is 4.95. The predicted molar refractivity (Wildman–Crippen MR) is 113 cm³/mol. The average Bonchev–Trinajstić information content (AvgIpc) is 2.69. The quantitative estimate of drug-likeness (QED) is 0.470. The van der Waals surface area contributed by atoms with E-state index in [1.807, 2.05) is 6.92 Å². The number of anilines is 2. The third-order valence-electron chi connectivity index (χ3n) is 6.76.